The first-order valence-electron chi connectivity index (χ1n) is 5.34. The van der Waals surface area contributed by atoms with Crippen LogP contribution in [0.3, 0.4) is 0 Å². The lowest BCUT2D eigenvalue weighted by Gasteiger charge is -2.21. The van der Waals surface area contributed by atoms with Crippen LogP contribution in [0.25, 0.3) is 0 Å². The van der Waals surface area contributed by atoms with Crippen molar-refractivity contribution in [3.05, 3.63) is 29.8 Å². The van der Waals surface area contributed by atoms with Crippen LogP contribution in [0.4, 0.5) is 0 Å². The van der Waals surface area contributed by atoms with Gasteiger partial charge in [0.1, 0.15) is 5.75 Å². The van der Waals surface area contributed by atoms with Crippen molar-refractivity contribution in [2.24, 2.45) is 5.41 Å². The Kier molecular flexibility index (Phi) is 3.89. The first kappa shape index (κ1) is 13.2. The number of ketones is 1. The zero-order valence-corrected chi connectivity index (χ0v) is 9.93. The highest BCUT2D eigenvalue weighted by molar-refractivity contribution is 5.96. The Morgan fingerprint density at radius 1 is 1.12 bits per heavy atom. The minimum Gasteiger partial charge on any atom is -0.508 e. The molecule has 0 fully saturated rings. The molecule has 92 valence electrons. The fourth-order valence-electron chi connectivity index (χ4n) is 1.66. The molecule has 1 rings (SSSR count). The number of phenols is 1. The summed E-state index contributed by atoms with van der Waals surface area (Å²) in [5, 5.41) is 17.8. The summed E-state index contributed by atoms with van der Waals surface area (Å²) in [6.45, 7) is 3.50. The Balaban J connectivity index is 2.72. The van der Waals surface area contributed by atoms with Crippen LogP contribution < -0.4 is 0 Å². The van der Waals surface area contributed by atoms with Gasteiger partial charge >= 0.3 is 5.97 Å². The quantitative estimate of drug-likeness (QED) is 0.770. The second-order valence-corrected chi connectivity index (χ2v) is 4.88. The second kappa shape index (κ2) is 4.99. The summed E-state index contributed by atoms with van der Waals surface area (Å²) >= 11 is 0. The molecule has 17 heavy (non-hydrogen) atoms. The van der Waals surface area contributed by atoms with Crippen LogP contribution in [0.1, 0.15) is 37.0 Å². The van der Waals surface area contributed by atoms with Crippen LogP contribution >= 0.6 is 0 Å². The lowest BCUT2D eigenvalue weighted by molar-refractivity contribution is -0.139. The van der Waals surface area contributed by atoms with Crippen LogP contribution in [0.5, 0.6) is 5.75 Å². The standard InChI is InChI=1S/C13H16O4/c1-13(2,8-12(16)17)7-11(15)9-3-5-10(14)6-4-9/h3-6,14H,7-8H2,1-2H3,(H,16,17). The van der Waals surface area contributed by atoms with Crippen molar-refractivity contribution in [1.82, 2.24) is 0 Å². The number of phenolic OH excluding ortho intramolecular Hbond substituents is 1. The molecule has 0 aliphatic heterocycles. The summed E-state index contributed by atoms with van der Waals surface area (Å²) in [6.07, 6.45) is 0.126. The van der Waals surface area contributed by atoms with E-state index in [0.717, 1.165) is 0 Å². The maximum Gasteiger partial charge on any atom is 0.303 e. The number of rotatable bonds is 5. The lowest BCUT2D eigenvalue weighted by atomic mass is 9.82. The molecule has 0 radical (unpaired) electrons. The lowest BCUT2D eigenvalue weighted by Crippen LogP contribution is -2.21. The van der Waals surface area contributed by atoms with Crippen molar-refractivity contribution < 1.29 is 19.8 Å². The third kappa shape index (κ3) is 4.26. The molecular weight excluding hydrogens is 220 g/mol. The highest BCUT2D eigenvalue weighted by Crippen LogP contribution is 2.27. The number of carbonyl (C=O) groups excluding carboxylic acids is 1. The van der Waals surface area contributed by atoms with E-state index in [-0.39, 0.29) is 24.4 Å². The Hall–Kier alpha value is -1.84. The van der Waals surface area contributed by atoms with Crippen molar-refractivity contribution in [2.45, 2.75) is 26.7 Å². The number of benzene rings is 1. The summed E-state index contributed by atoms with van der Waals surface area (Å²) in [5.41, 5.74) is -0.0814. The van der Waals surface area contributed by atoms with E-state index in [9.17, 15) is 9.59 Å². The molecule has 0 aromatic heterocycles. The topological polar surface area (TPSA) is 74.6 Å². The van der Waals surface area contributed by atoms with Gasteiger partial charge in [0.25, 0.3) is 0 Å². The fraction of sp³-hybridized carbons (Fsp3) is 0.385. The van der Waals surface area contributed by atoms with Crippen molar-refractivity contribution in [2.75, 3.05) is 0 Å². The van der Waals surface area contributed by atoms with Gasteiger partial charge in [-0.2, -0.15) is 0 Å². The number of hydrogen-bond acceptors (Lipinski definition) is 3. The first-order valence-corrected chi connectivity index (χ1v) is 5.34. The molecule has 2 N–H and O–H groups in total. The maximum absolute atomic E-state index is 11.9. The van der Waals surface area contributed by atoms with Crippen molar-refractivity contribution in [3.8, 4) is 5.75 Å². The predicted octanol–water partition coefficient (Wildman–Crippen LogP) is 2.47. The Morgan fingerprint density at radius 2 is 1.65 bits per heavy atom. The SMILES string of the molecule is CC(C)(CC(=O)O)CC(=O)c1ccc(O)cc1. The van der Waals surface area contributed by atoms with E-state index < -0.39 is 11.4 Å². The summed E-state index contributed by atoms with van der Waals surface area (Å²) in [6, 6.07) is 5.96. The summed E-state index contributed by atoms with van der Waals surface area (Å²) in [7, 11) is 0. The van der Waals surface area contributed by atoms with E-state index in [0.29, 0.717) is 5.56 Å². The Morgan fingerprint density at radius 3 is 2.12 bits per heavy atom. The molecule has 0 saturated carbocycles. The van der Waals surface area contributed by atoms with Gasteiger partial charge in [0.2, 0.25) is 0 Å². The van der Waals surface area contributed by atoms with Gasteiger partial charge in [-0.05, 0) is 29.7 Å². The molecule has 1 aromatic rings. The summed E-state index contributed by atoms with van der Waals surface area (Å²) in [5.74, 6) is -0.920. The van der Waals surface area contributed by atoms with Gasteiger partial charge in [0.15, 0.2) is 5.78 Å². The smallest absolute Gasteiger partial charge is 0.303 e. The zero-order chi connectivity index (χ0) is 13.1. The molecule has 0 bridgehead atoms. The van der Waals surface area contributed by atoms with Gasteiger partial charge < -0.3 is 10.2 Å². The number of aliphatic carboxylic acids is 1. The number of carbonyl (C=O) groups is 2. The highest BCUT2D eigenvalue weighted by atomic mass is 16.4. The Bertz CT molecular complexity index is 418. The van der Waals surface area contributed by atoms with E-state index in [2.05, 4.69) is 0 Å². The molecule has 4 heteroatoms. The van der Waals surface area contributed by atoms with Gasteiger partial charge in [-0.3, -0.25) is 9.59 Å². The van der Waals surface area contributed by atoms with Crippen molar-refractivity contribution in [3.63, 3.8) is 0 Å². The molecule has 0 atom stereocenters. The molecule has 0 unspecified atom stereocenters. The molecule has 0 aliphatic carbocycles. The normalized spacial score (nSPS) is 11.2. The van der Waals surface area contributed by atoms with Crippen LogP contribution in [0.15, 0.2) is 24.3 Å². The number of aromatic hydroxyl groups is 1. The van der Waals surface area contributed by atoms with Crippen LogP contribution in [0.2, 0.25) is 0 Å². The van der Waals surface area contributed by atoms with Gasteiger partial charge in [-0.25, -0.2) is 0 Å². The molecule has 0 saturated heterocycles. The zero-order valence-electron chi connectivity index (χ0n) is 9.93. The van der Waals surface area contributed by atoms with Gasteiger partial charge in [-0.1, -0.05) is 13.8 Å². The monoisotopic (exact) mass is 236 g/mol. The third-order valence-electron chi connectivity index (χ3n) is 2.46. The predicted molar refractivity (Wildman–Crippen MR) is 63.1 cm³/mol. The minimum absolute atomic E-state index is 0.0448. The number of Topliss-reactive ketones (excluding diaryl/α,β-unsaturated/α-hetero) is 1. The molecular formula is C13H16O4. The fourth-order valence-corrected chi connectivity index (χ4v) is 1.66. The van der Waals surface area contributed by atoms with E-state index in [1.54, 1.807) is 13.8 Å². The first-order chi connectivity index (χ1) is 7.80. The molecule has 0 spiro atoms. The van der Waals surface area contributed by atoms with Gasteiger partial charge in [-0.15, -0.1) is 0 Å². The average Bonchev–Trinajstić information content (AvgIpc) is 2.15. The van der Waals surface area contributed by atoms with Gasteiger partial charge in [0, 0.05) is 12.0 Å². The van der Waals surface area contributed by atoms with Crippen LogP contribution in [0, 0.1) is 5.41 Å². The average molecular weight is 236 g/mol. The largest absolute Gasteiger partial charge is 0.508 e. The van der Waals surface area contributed by atoms with Crippen LogP contribution in [-0.4, -0.2) is 22.0 Å². The Labute approximate surface area is 99.9 Å². The molecule has 1 aromatic carbocycles. The summed E-state index contributed by atoms with van der Waals surface area (Å²) in [4.78, 5) is 22.5. The van der Waals surface area contributed by atoms with E-state index in [4.69, 9.17) is 10.2 Å². The van der Waals surface area contributed by atoms with E-state index >= 15 is 0 Å². The van der Waals surface area contributed by atoms with Crippen molar-refractivity contribution >= 4 is 11.8 Å². The van der Waals surface area contributed by atoms with Gasteiger partial charge in [0.05, 0.1) is 6.42 Å². The molecule has 0 aliphatic rings. The highest BCUT2D eigenvalue weighted by Gasteiger charge is 2.25. The second-order valence-electron chi connectivity index (χ2n) is 4.88. The molecule has 0 heterocycles. The molecule has 0 amide bonds. The minimum atomic E-state index is -0.909. The maximum atomic E-state index is 11.9. The third-order valence-corrected chi connectivity index (χ3v) is 2.46. The molecule has 4 nitrogen and oxygen atoms in total. The number of carboxylic acids is 1. The van der Waals surface area contributed by atoms with E-state index in [1.807, 2.05) is 0 Å². The van der Waals surface area contributed by atoms with E-state index in [1.165, 1.54) is 24.3 Å². The van der Waals surface area contributed by atoms with Crippen molar-refractivity contribution in [1.29, 1.82) is 0 Å². The number of carboxylic acid groups (broad SMARTS) is 1. The summed E-state index contributed by atoms with van der Waals surface area (Å²) < 4.78 is 0. The van der Waals surface area contributed by atoms with Crippen LogP contribution in [-0.2, 0) is 4.79 Å². The number of hydrogen-bond donors (Lipinski definition) is 2.